The van der Waals surface area contributed by atoms with Gasteiger partial charge in [-0.25, -0.2) is 4.98 Å². The Morgan fingerprint density at radius 1 is 1.06 bits per heavy atom. The third-order valence-electron chi connectivity index (χ3n) is 4.92. The van der Waals surface area contributed by atoms with Crippen LogP contribution in [0.15, 0.2) is 42.9 Å². The molecule has 0 saturated carbocycles. The van der Waals surface area contributed by atoms with Crippen LogP contribution in [-0.2, 0) is 14.1 Å². The van der Waals surface area contributed by atoms with E-state index in [1.807, 2.05) is 38.4 Å². The highest BCUT2D eigenvalue weighted by Gasteiger charge is 2.17. The molecule has 1 atom stereocenters. The van der Waals surface area contributed by atoms with Crippen LogP contribution in [0.1, 0.15) is 0 Å². The molecule has 13 heteroatoms. The SMILES string of the molecule is COc1cccnc1-c1cc(Nc2cc(-c3cnn(PI)n3)c3cnn(C)c3n2)n(C)n1. The minimum Gasteiger partial charge on any atom is -0.494 e. The molecule has 0 bridgehead atoms. The zero-order valence-corrected chi connectivity index (χ0v) is 20.5. The van der Waals surface area contributed by atoms with Crippen molar-refractivity contribution in [1.82, 2.24) is 44.3 Å². The van der Waals surface area contributed by atoms with E-state index in [1.165, 1.54) is 0 Å². The molecule has 1 N–H and O–H groups in total. The minimum absolute atomic E-state index is 0.423. The van der Waals surface area contributed by atoms with E-state index >= 15 is 0 Å². The number of aromatic nitrogens is 9. The maximum atomic E-state index is 5.43. The van der Waals surface area contributed by atoms with Crippen molar-refractivity contribution in [3.63, 3.8) is 0 Å². The van der Waals surface area contributed by atoms with Crippen LogP contribution in [-0.4, -0.2) is 51.4 Å². The van der Waals surface area contributed by atoms with E-state index < -0.39 is 0 Å². The number of ether oxygens (including phenoxy) is 1. The average Bonchev–Trinajstić information content (AvgIpc) is 3.53. The fourth-order valence-corrected chi connectivity index (χ4v) is 4.34. The molecule has 0 aliphatic carbocycles. The molecule has 0 aliphatic rings. The summed E-state index contributed by atoms with van der Waals surface area (Å²) in [6.07, 6.45) is 5.69. The van der Waals surface area contributed by atoms with Gasteiger partial charge < -0.3 is 10.1 Å². The molecule has 5 aromatic heterocycles. The lowest BCUT2D eigenvalue weighted by Gasteiger charge is -2.08. The predicted octanol–water partition coefficient (Wildman–Crippen LogP) is 3.57. The van der Waals surface area contributed by atoms with Crippen molar-refractivity contribution in [1.29, 1.82) is 0 Å². The Morgan fingerprint density at radius 3 is 2.72 bits per heavy atom. The smallest absolute Gasteiger partial charge is 0.160 e. The zero-order valence-electron chi connectivity index (χ0n) is 17.4. The molecule has 0 radical (unpaired) electrons. The molecular weight excluding hydrogens is 542 g/mol. The largest absolute Gasteiger partial charge is 0.494 e. The summed E-state index contributed by atoms with van der Waals surface area (Å²) < 4.78 is 10.6. The fraction of sp³-hybridized carbons (Fsp3) is 0.158. The molecule has 32 heavy (non-hydrogen) atoms. The highest BCUT2D eigenvalue weighted by molar-refractivity contribution is 14.2. The van der Waals surface area contributed by atoms with Crippen molar-refractivity contribution in [2.24, 2.45) is 14.1 Å². The van der Waals surface area contributed by atoms with Crippen LogP contribution in [0.4, 0.5) is 11.6 Å². The van der Waals surface area contributed by atoms with Crippen LogP contribution in [0.2, 0.25) is 0 Å². The van der Waals surface area contributed by atoms with Crippen molar-refractivity contribution >= 4 is 51.1 Å². The van der Waals surface area contributed by atoms with Gasteiger partial charge in [-0.3, -0.25) is 14.3 Å². The van der Waals surface area contributed by atoms with Gasteiger partial charge >= 0.3 is 0 Å². The van der Waals surface area contributed by atoms with E-state index in [2.05, 4.69) is 52.7 Å². The van der Waals surface area contributed by atoms with E-state index in [0.717, 1.165) is 28.1 Å². The first-order valence-corrected chi connectivity index (χ1v) is 13.6. The zero-order chi connectivity index (χ0) is 22.2. The van der Waals surface area contributed by atoms with E-state index in [0.29, 0.717) is 29.3 Å². The molecule has 11 nitrogen and oxygen atoms in total. The van der Waals surface area contributed by atoms with Crippen molar-refractivity contribution in [3.8, 4) is 28.4 Å². The van der Waals surface area contributed by atoms with Gasteiger partial charge in [0.15, 0.2) is 5.65 Å². The Morgan fingerprint density at radius 2 is 1.94 bits per heavy atom. The molecule has 0 saturated heterocycles. The van der Waals surface area contributed by atoms with Gasteiger partial charge in [0.25, 0.3) is 0 Å². The van der Waals surface area contributed by atoms with Crippen LogP contribution in [0.25, 0.3) is 33.7 Å². The molecule has 0 amide bonds. The van der Waals surface area contributed by atoms with Gasteiger partial charge in [-0.2, -0.15) is 19.9 Å². The van der Waals surface area contributed by atoms with Gasteiger partial charge in [-0.1, -0.05) is 0 Å². The van der Waals surface area contributed by atoms with E-state index in [-0.39, 0.29) is 0 Å². The summed E-state index contributed by atoms with van der Waals surface area (Å²) >= 11 is 2.25. The Balaban J connectivity index is 1.56. The molecule has 0 spiro atoms. The summed E-state index contributed by atoms with van der Waals surface area (Å²) in [5, 5.41) is 22.1. The summed E-state index contributed by atoms with van der Waals surface area (Å²) in [6.45, 7) is 0. The highest BCUT2D eigenvalue weighted by atomic mass is 127. The third-order valence-corrected chi connectivity index (χ3v) is 6.58. The normalized spacial score (nSPS) is 11.6. The van der Waals surface area contributed by atoms with Crippen LogP contribution in [0.5, 0.6) is 5.75 Å². The second kappa shape index (κ2) is 8.43. The van der Waals surface area contributed by atoms with Gasteiger partial charge in [0, 0.05) is 37.3 Å². The van der Waals surface area contributed by atoms with Crippen molar-refractivity contribution < 1.29 is 4.74 Å². The minimum atomic E-state index is 0.423. The predicted molar refractivity (Wildman–Crippen MR) is 132 cm³/mol. The first kappa shape index (κ1) is 20.8. The Labute approximate surface area is 197 Å². The number of nitrogens with one attached hydrogen (secondary N) is 1. The standard InChI is InChI=1S/C19H18IN10OP/c1-28-17(8-13(26-28)18-15(31-3)5-4-6-21-18)24-16-7-11(14-10-23-30(27-14)32-20)12-9-22-29(2)19(12)25-16/h4-10,32H,1-3H3,(H,24,25). The molecule has 0 aliphatic heterocycles. The molecule has 162 valence electrons. The number of hydrogen-bond acceptors (Lipinski definition) is 8. The number of fused-ring (bicyclic) bond motifs is 1. The van der Waals surface area contributed by atoms with Crippen LogP contribution < -0.4 is 10.1 Å². The van der Waals surface area contributed by atoms with Gasteiger partial charge in [0.2, 0.25) is 0 Å². The second-order valence-corrected chi connectivity index (χ2v) is 8.90. The van der Waals surface area contributed by atoms with Gasteiger partial charge in [-0.15, -0.1) is 5.10 Å². The maximum Gasteiger partial charge on any atom is 0.160 e. The van der Waals surface area contributed by atoms with Crippen molar-refractivity contribution in [2.45, 2.75) is 0 Å². The van der Waals surface area contributed by atoms with Crippen LogP contribution in [0.3, 0.4) is 0 Å². The number of aryl methyl sites for hydroxylation is 2. The summed E-state index contributed by atoms with van der Waals surface area (Å²) in [7, 11) is 5.34. The van der Waals surface area contributed by atoms with Gasteiger partial charge in [-0.05, 0) is 40.2 Å². The molecule has 0 fully saturated rings. The van der Waals surface area contributed by atoms with Crippen LogP contribution >= 0.6 is 28.4 Å². The Kier molecular flexibility index (Phi) is 5.47. The maximum absolute atomic E-state index is 5.43. The van der Waals surface area contributed by atoms with Crippen molar-refractivity contribution in [3.05, 3.63) is 42.9 Å². The number of nitrogens with zero attached hydrogens (tertiary/aromatic N) is 9. The Hall–Kier alpha value is -3.12. The van der Waals surface area contributed by atoms with E-state index in [1.54, 1.807) is 39.6 Å². The summed E-state index contributed by atoms with van der Waals surface area (Å²) in [5.74, 6) is 2.06. The lowest BCUT2D eigenvalue weighted by atomic mass is 10.1. The van der Waals surface area contributed by atoms with Gasteiger partial charge in [0.05, 0.1) is 25.9 Å². The molecular formula is C19H18IN10OP. The monoisotopic (exact) mass is 560 g/mol. The van der Waals surface area contributed by atoms with Crippen LogP contribution in [0, 0.1) is 0 Å². The molecule has 5 heterocycles. The number of hydrogen-bond donors (Lipinski definition) is 1. The Bertz CT molecular complexity index is 1430. The first-order valence-electron chi connectivity index (χ1n) is 9.50. The number of rotatable bonds is 6. The molecule has 5 aromatic rings. The summed E-state index contributed by atoms with van der Waals surface area (Å²) in [5.41, 5.74) is 3.78. The molecule has 0 aromatic carbocycles. The number of halogens is 1. The van der Waals surface area contributed by atoms with Gasteiger partial charge in [0.1, 0.15) is 34.5 Å². The third kappa shape index (κ3) is 3.69. The second-order valence-electron chi connectivity index (χ2n) is 6.88. The summed E-state index contributed by atoms with van der Waals surface area (Å²) in [4.78, 5) is 9.17. The number of anilines is 2. The average molecular weight is 560 g/mol. The lowest BCUT2D eigenvalue weighted by Crippen LogP contribution is -2.02. The first-order chi connectivity index (χ1) is 15.6. The number of methoxy groups -OCH3 is 1. The van der Waals surface area contributed by atoms with E-state index in [9.17, 15) is 0 Å². The quantitative estimate of drug-likeness (QED) is 0.248. The topological polar surface area (TPSA) is 113 Å². The lowest BCUT2D eigenvalue weighted by molar-refractivity contribution is 0.414. The molecule has 5 rings (SSSR count). The summed E-state index contributed by atoms with van der Waals surface area (Å²) in [6, 6.07) is 7.54. The highest BCUT2D eigenvalue weighted by Crippen LogP contribution is 2.32. The molecule has 1 unspecified atom stereocenters. The number of pyridine rings is 2. The van der Waals surface area contributed by atoms with Crippen molar-refractivity contribution in [2.75, 3.05) is 12.4 Å². The van der Waals surface area contributed by atoms with E-state index in [4.69, 9.17) is 9.72 Å². The fourth-order valence-electron chi connectivity index (χ4n) is 3.40.